The molecule has 0 bridgehead atoms. The molecule has 0 aromatic rings. The molecular weight excluding hydrogens is 612 g/mol. The molecule has 0 radical (unpaired) electrons. The number of nitrogens with zero attached hydrogens (tertiary/aromatic N) is 2. The van der Waals surface area contributed by atoms with Crippen LogP contribution in [0.4, 0.5) is 4.79 Å². The topological polar surface area (TPSA) is 174 Å². The summed E-state index contributed by atoms with van der Waals surface area (Å²) in [5.41, 5.74) is -0.944. The third-order valence-electron chi connectivity index (χ3n) is 9.71. The van der Waals surface area contributed by atoms with E-state index in [2.05, 4.69) is 27.8 Å². The summed E-state index contributed by atoms with van der Waals surface area (Å²) in [6.45, 7) is 19.7. The molecule has 0 spiro atoms. The minimum atomic E-state index is -3.36. The largest absolute Gasteiger partial charge is 0.346 e. The Kier molecular flexibility index (Phi) is 11.7. The Morgan fingerprint density at radius 1 is 1.07 bits per heavy atom. The summed E-state index contributed by atoms with van der Waals surface area (Å²) < 4.78 is 26.2. The first-order valence-electron chi connectivity index (χ1n) is 16.4. The van der Waals surface area contributed by atoms with E-state index >= 15 is 0 Å². The van der Waals surface area contributed by atoms with Gasteiger partial charge in [0.2, 0.25) is 27.6 Å². The van der Waals surface area contributed by atoms with E-state index in [1.165, 1.54) is 15.3 Å². The number of fused-ring (bicyclic) bond motifs is 1. The molecule has 1 aliphatic carbocycles. The number of carbonyl (C=O) groups excluding carboxylic acids is 5. The van der Waals surface area contributed by atoms with Gasteiger partial charge in [0.1, 0.15) is 12.1 Å². The number of sulfonamides is 1. The van der Waals surface area contributed by atoms with E-state index < -0.39 is 69.1 Å². The zero-order valence-corrected chi connectivity index (χ0v) is 29.5. The smallest absolute Gasteiger partial charge is 0.315 e. The van der Waals surface area contributed by atoms with Crippen molar-refractivity contribution < 1.29 is 32.4 Å². The lowest BCUT2D eigenvalue weighted by molar-refractivity contribution is -0.145. The van der Waals surface area contributed by atoms with E-state index in [-0.39, 0.29) is 48.4 Å². The van der Waals surface area contributed by atoms with Crippen LogP contribution >= 0.6 is 0 Å². The number of carbonyl (C=O) groups is 5. The molecule has 3 aliphatic rings. The first kappa shape index (κ1) is 37.5. The predicted molar refractivity (Wildman–Crippen MR) is 175 cm³/mol. The number of amides is 5. The van der Waals surface area contributed by atoms with Crippen molar-refractivity contribution in [2.75, 3.05) is 31.9 Å². The van der Waals surface area contributed by atoms with Gasteiger partial charge in [-0.15, -0.1) is 6.58 Å². The normalized spacial score (nSPS) is 25.2. The highest BCUT2D eigenvalue weighted by molar-refractivity contribution is 7.89. The number of ketones is 1. The molecule has 2 heterocycles. The molecule has 0 aromatic carbocycles. The maximum Gasteiger partial charge on any atom is 0.315 e. The Balaban J connectivity index is 1.80. The summed E-state index contributed by atoms with van der Waals surface area (Å²) in [7, 11) is -3.36. The highest BCUT2D eigenvalue weighted by Gasteiger charge is 2.70. The summed E-state index contributed by atoms with van der Waals surface area (Å²) in [6.07, 6.45) is 2.80. The fourth-order valence-corrected chi connectivity index (χ4v) is 8.28. The summed E-state index contributed by atoms with van der Waals surface area (Å²) in [6, 6.07) is -4.03. The monoisotopic (exact) mass is 666 g/mol. The van der Waals surface area contributed by atoms with Crippen molar-refractivity contribution in [1.82, 2.24) is 30.5 Å². The Morgan fingerprint density at radius 3 is 2.24 bits per heavy atom. The molecule has 46 heavy (non-hydrogen) atoms. The molecular formula is C32H54N6O7S. The first-order valence-corrected chi connectivity index (χ1v) is 18.0. The summed E-state index contributed by atoms with van der Waals surface area (Å²) in [5, 5.41) is 11.0. The van der Waals surface area contributed by atoms with Crippen molar-refractivity contribution >= 4 is 39.6 Å². The number of hydrogen-bond donors (Lipinski definition) is 4. The maximum atomic E-state index is 14.3. The van der Waals surface area contributed by atoms with Gasteiger partial charge in [0, 0.05) is 32.2 Å². The van der Waals surface area contributed by atoms with Gasteiger partial charge >= 0.3 is 6.03 Å². The van der Waals surface area contributed by atoms with Crippen LogP contribution in [-0.4, -0.2) is 103 Å². The van der Waals surface area contributed by atoms with Crippen LogP contribution in [-0.2, 0) is 29.2 Å². The van der Waals surface area contributed by atoms with Crippen LogP contribution in [0.1, 0.15) is 74.7 Å². The van der Waals surface area contributed by atoms with E-state index in [4.69, 9.17) is 0 Å². The number of rotatable bonds is 14. The van der Waals surface area contributed by atoms with Crippen molar-refractivity contribution in [2.24, 2.45) is 28.6 Å². The molecule has 1 saturated carbocycles. The Labute approximate surface area is 274 Å². The van der Waals surface area contributed by atoms with Gasteiger partial charge in [0.25, 0.3) is 5.91 Å². The van der Waals surface area contributed by atoms with Crippen molar-refractivity contribution in [1.29, 1.82) is 0 Å². The molecule has 0 aromatic heterocycles. The lowest BCUT2D eigenvalue weighted by Crippen LogP contribution is -2.62. The molecule has 3 fully saturated rings. The van der Waals surface area contributed by atoms with Gasteiger partial charge in [0.15, 0.2) is 0 Å². The van der Waals surface area contributed by atoms with E-state index in [9.17, 15) is 32.4 Å². The zero-order valence-electron chi connectivity index (χ0n) is 28.6. The third kappa shape index (κ3) is 8.28. The lowest BCUT2D eigenvalue weighted by atomic mass is 9.85. The van der Waals surface area contributed by atoms with Gasteiger partial charge in [-0.05, 0) is 41.4 Å². The summed E-state index contributed by atoms with van der Waals surface area (Å²) in [5.74, 6) is -2.57. The molecule has 2 unspecified atom stereocenters. The van der Waals surface area contributed by atoms with Crippen LogP contribution in [0.25, 0.3) is 0 Å². The van der Waals surface area contributed by atoms with Gasteiger partial charge in [-0.2, -0.15) is 4.31 Å². The first-order chi connectivity index (χ1) is 21.3. The Bertz CT molecular complexity index is 1310. The van der Waals surface area contributed by atoms with Crippen LogP contribution in [0.3, 0.4) is 0 Å². The SMILES string of the molecule is C=CCNC(=O)C(=O)C(CCC)NC(=O)C1[C@@H]2[C@H](CN1C(=O)[C@@H](NC(=O)N[C@H](CN1CCCS1(=O)=O)C(C)C)C(C)(C)C)C2(C)C. The minimum Gasteiger partial charge on any atom is -0.346 e. The number of Topliss-reactive ketones (excluding diaryl/α,β-unsaturated/α-hetero) is 1. The van der Waals surface area contributed by atoms with Crippen LogP contribution in [0.2, 0.25) is 0 Å². The molecule has 3 rings (SSSR count). The van der Waals surface area contributed by atoms with Gasteiger partial charge in [-0.1, -0.05) is 67.9 Å². The summed E-state index contributed by atoms with van der Waals surface area (Å²) >= 11 is 0. The second-order valence-corrected chi connectivity index (χ2v) is 17.0. The molecule has 14 heteroatoms. The van der Waals surface area contributed by atoms with Gasteiger partial charge in [-0.3, -0.25) is 19.2 Å². The quantitative estimate of drug-likeness (QED) is 0.160. The van der Waals surface area contributed by atoms with E-state index in [1.807, 2.05) is 55.4 Å². The van der Waals surface area contributed by atoms with E-state index in [0.717, 1.165) is 0 Å². The highest BCUT2D eigenvalue weighted by Crippen LogP contribution is 2.65. The molecule has 4 N–H and O–H groups in total. The fourth-order valence-electron chi connectivity index (χ4n) is 6.73. The van der Waals surface area contributed by atoms with Crippen molar-refractivity contribution in [3.8, 4) is 0 Å². The Morgan fingerprint density at radius 2 is 1.72 bits per heavy atom. The van der Waals surface area contributed by atoms with Crippen LogP contribution in [0, 0.1) is 28.6 Å². The Hall–Kier alpha value is -3.00. The summed E-state index contributed by atoms with van der Waals surface area (Å²) in [4.78, 5) is 68.4. The molecule has 13 nitrogen and oxygen atoms in total. The van der Waals surface area contributed by atoms with Crippen LogP contribution in [0.5, 0.6) is 0 Å². The van der Waals surface area contributed by atoms with Crippen LogP contribution in [0.15, 0.2) is 12.7 Å². The molecule has 5 amide bonds. The van der Waals surface area contributed by atoms with Crippen molar-refractivity contribution in [3.05, 3.63) is 12.7 Å². The second-order valence-electron chi connectivity index (χ2n) is 14.9. The van der Waals surface area contributed by atoms with Gasteiger partial charge in [0.05, 0.1) is 11.8 Å². The van der Waals surface area contributed by atoms with Gasteiger partial charge < -0.3 is 26.2 Å². The van der Waals surface area contributed by atoms with E-state index in [0.29, 0.717) is 25.9 Å². The number of urea groups is 1. The van der Waals surface area contributed by atoms with Crippen molar-refractivity contribution in [2.45, 2.75) is 98.8 Å². The lowest BCUT2D eigenvalue weighted by Gasteiger charge is -2.38. The number of likely N-dealkylation sites (tertiary alicyclic amines) is 1. The second kappa shape index (κ2) is 14.4. The minimum absolute atomic E-state index is 0.0607. The standard InChI is InChI=1S/C32H54N6O7S/c1-10-13-21(25(39)28(41)33-14-11-2)34-27(40)24-23-20(32(23,8)9)17-38(24)29(42)26(31(5,6)7)36-30(43)35-22(19(3)4)18-37-15-12-16-46(37,44)45/h11,19-24,26H,2,10,12-18H2,1,3-9H3,(H,33,41)(H,34,40)(H2,35,36,43)/t20-,21?,22+,23-,24?,26+/m0/s1. The average Bonchev–Trinajstić information content (AvgIpc) is 3.25. The number of hydrogen-bond acceptors (Lipinski definition) is 7. The highest BCUT2D eigenvalue weighted by atomic mass is 32.2. The predicted octanol–water partition coefficient (Wildman–Crippen LogP) is 1.40. The van der Waals surface area contributed by atoms with Gasteiger partial charge in [-0.25, -0.2) is 13.2 Å². The van der Waals surface area contributed by atoms with Crippen molar-refractivity contribution in [3.63, 3.8) is 0 Å². The van der Waals surface area contributed by atoms with E-state index in [1.54, 1.807) is 0 Å². The number of piperidine rings is 1. The molecule has 2 aliphatic heterocycles. The maximum absolute atomic E-state index is 14.3. The zero-order chi connectivity index (χ0) is 34.8. The average molecular weight is 667 g/mol. The third-order valence-corrected chi connectivity index (χ3v) is 11.6. The molecule has 260 valence electrons. The molecule has 2 saturated heterocycles. The van der Waals surface area contributed by atoms with Crippen LogP contribution < -0.4 is 21.3 Å². The fraction of sp³-hybridized carbons (Fsp3) is 0.781. The number of nitrogens with one attached hydrogen (secondary N) is 4. The molecule has 6 atom stereocenters.